The van der Waals surface area contributed by atoms with E-state index in [9.17, 15) is 9.50 Å². The maximum absolute atomic E-state index is 12.4. The minimum Gasteiger partial charge on any atom is -0.387 e. The average Bonchev–Trinajstić information content (AvgIpc) is 2.15. The summed E-state index contributed by atoms with van der Waals surface area (Å²) in [6, 6.07) is 2.52. The molecule has 0 aromatic carbocycles. The minimum atomic E-state index is -0.975. The highest BCUT2D eigenvalue weighted by atomic mass is 19.1. The van der Waals surface area contributed by atoms with E-state index in [1.807, 2.05) is 0 Å². The summed E-state index contributed by atoms with van der Waals surface area (Å²) < 4.78 is 12.4. The van der Waals surface area contributed by atoms with Gasteiger partial charge in [0.2, 0.25) is 0 Å². The first kappa shape index (κ1) is 9.44. The molecule has 0 aliphatic heterocycles. The molecule has 13 heavy (non-hydrogen) atoms. The molecule has 1 atom stereocenters. The van der Waals surface area contributed by atoms with Gasteiger partial charge >= 0.3 is 0 Å². The predicted molar refractivity (Wildman–Crippen MR) is 43.2 cm³/mol. The van der Waals surface area contributed by atoms with Gasteiger partial charge in [-0.1, -0.05) is 5.11 Å². The lowest BCUT2D eigenvalue weighted by atomic mass is 10.2. The fourth-order valence-corrected chi connectivity index (χ4v) is 0.792. The van der Waals surface area contributed by atoms with E-state index in [4.69, 9.17) is 5.53 Å². The second kappa shape index (κ2) is 4.39. The molecular formula is C7H7FN4O. The third-order valence-electron chi connectivity index (χ3n) is 1.41. The van der Waals surface area contributed by atoms with Crippen LogP contribution in [0, 0.1) is 5.82 Å². The normalized spacial score (nSPS) is 11.8. The molecule has 0 radical (unpaired) electrons. The van der Waals surface area contributed by atoms with Gasteiger partial charge in [0.1, 0.15) is 11.9 Å². The van der Waals surface area contributed by atoms with E-state index >= 15 is 0 Å². The van der Waals surface area contributed by atoms with Gasteiger partial charge in [0.05, 0.1) is 18.4 Å². The zero-order valence-corrected chi connectivity index (χ0v) is 6.63. The van der Waals surface area contributed by atoms with E-state index in [1.165, 1.54) is 12.1 Å². The quantitative estimate of drug-likeness (QED) is 0.437. The number of aliphatic hydroxyl groups excluding tert-OH is 1. The number of pyridine rings is 1. The van der Waals surface area contributed by atoms with E-state index < -0.39 is 11.9 Å². The molecule has 0 unspecified atom stereocenters. The third kappa shape index (κ3) is 2.70. The van der Waals surface area contributed by atoms with Crippen molar-refractivity contribution in [3.8, 4) is 0 Å². The number of rotatable bonds is 3. The largest absolute Gasteiger partial charge is 0.387 e. The summed E-state index contributed by atoms with van der Waals surface area (Å²) in [7, 11) is 0. The second-order valence-electron chi connectivity index (χ2n) is 2.33. The van der Waals surface area contributed by atoms with Crippen LogP contribution < -0.4 is 0 Å². The summed E-state index contributed by atoms with van der Waals surface area (Å²) in [6.07, 6.45) is 0.0192. The molecule has 1 aromatic rings. The highest BCUT2D eigenvalue weighted by Crippen LogP contribution is 2.09. The van der Waals surface area contributed by atoms with E-state index in [0.717, 1.165) is 6.20 Å². The Bertz CT molecular complexity index is 320. The first-order valence-corrected chi connectivity index (χ1v) is 3.54. The molecule has 1 heterocycles. The summed E-state index contributed by atoms with van der Waals surface area (Å²) in [5.41, 5.74) is 8.26. The zero-order chi connectivity index (χ0) is 9.68. The predicted octanol–water partition coefficient (Wildman–Crippen LogP) is 1.56. The molecule has 0 amide bonds. The number of azide groups is 1. The Morgan fingerprint density at radius 2 is 2.46 bits per heavy atom. The van der Waals surface area contributed by atoms with Crippen LogP contribution in [0.2, 0.25) is 0 Å². The molecule has 0 saturated carbocycles. The lowest BCUT2D eigenvalue weighted by Crippen LogP contribution is -2.03. The first-order chi connectivity index (χ1) is 6.24. The molecule has 0 spiro atoms. The van der Waals surface area contributed by atoms with Crippen molar-refractivity contribution >= 4 is 0 Å². The molecule has 1 rings (SSSR count). The van der Waals surface area contributed by atoms with Crippen molar-refractivity contribution in [3.05, 3.63) is 40.3 Å². The lowest BCUT2D eigenvalue weighted by Gasteiger charge is -2.04. The second-order valence-corrected chi connectivity index (χ2v) is 2.33. The smallest absolute Gasteiger partial charge is 0.141 e. The number of nitrogens with zero attached hydrogens (tertiary/aromatic N) is 4. The number of halogens is 1. The van der Waals surface area contributed by atoms with Gasteiger partial charge in [0.25, 0.3) is 0 Å². The summed E-state index contributed by atoms with van der Waals surface area (Å²) in [6.45, 7) is -0.102. The van der Waals surface area contributed by atoms with Gasteiger partial charge in [0.15, 0.2) is 0 Å². The monoisotopic (exact) mass is 182 g/mol. The number of hydrogen-bond acceptors (Lipinski definition) is 3. The Balaban J connectivity index is 2.71. The van der Waals surface area contributed by atoms with Crippen LogP contribution in [-0.2, 0) is 0 Å². The lowest BCUT2D eigenvalue weighted by molar-refractivity contribution is 0.181. The van der Waals surface area contributed by atoms with E-state index in [0.29, 0.717) is 0 Å². The topological polar surface area (TPSA) is 81.9 Å². The van der Waals surface area contributed by atoms with Crippen LogP contribution in [0.1, 0.15) is 11.8 Å². The van der Waals surface area contributed by atoms with Crippen molar-refractivity contribution in [2.24, 2.45) is 5.11 Å². The van der Waals surface area contributed by atoms with Crippen molar-refractivity contribution in [2.75, 3.05) is 6.54 Å². The maximum Gasteiger partial charge on any atom is 0.141 e. The molecule has 6 heteroatoms. The van der Waals surface area contributed by atoms with Gasteiger partial charge < -0.3 is 5.11 Å². The summed E-state index contributed by atoms with van der Waals surface area (Å²) >= 11 is 0. The Kier molecular flexibility index (Phi) is 3.19. The summed E-state index contributed by atoms with van der Waals surface area (Å²) in [4.78, 5) is 6.10. The minimum absolute atomic E-state index is 0.102. The highest BCUT2D eigenvalue weighted by molar-refractivity contribution is 5.08. The molecular weight excluding hydrogens is 175 g/mol. The van der Waals surface area contributed by atoms with Gasteiger partial charge in [-0.15, -0.1) is 0 Å². The average molecular weight is 182 g/mol. The van der Waals surface area contributed by atoms with Gasteiger partial charge in [-0.3, -0.25) is 4.98 Å². The van der Waals surface area contributed by atoms with Gasteiger partial charge in [-0.25, -0.2) is 4.39 Å². The van der Waals surface area contributed by atoms with Crippen LogP contribution in [0.25, 0.3) is 10.4 Å². The van der Waals surface area contributed by atoms with E-state index in [-0.39, 0.29) is 12.2 Å². The maximum atomic E-state index is 12.4. The number of aromatic nitrogens is 1. The fourth-order valence-electron chi connectivity index (χ4n) is 0.792. The van der Waals surface area contributed by atoms with Crippen molar-refractivity contribution in [3.63, 3.8) is 0 Å². The molecule has 0 fully saturated rings. The zero-order valence-electron chi connectivity index (χ0n) is 6.63. The Morgan fingerprint density at radius 1 is 1.69 bits per heavy atom. The van der Waals surface area contributed by atoms with Crippen LogP contribution in [0.4, 0.5) is 4.39 Å². The van der Waals surface area contributed by atoms with Crippen LogP contribution in [-0.4, -0.2) is 16.6 Å². The van der Waals surface area contributed by atoms with Gasteiger partial charge in [0, 0.05) is 4.91 Å². The molecule has 1 N–H and O–H groups in total. The highest BCUT2D eigenvalue weighted by Gasteiger charge is 2.06. The molecule has 0 aliphatic rings. The van der Waals surface area contributed by atoms with Crippen LogP contribution in [0.5, 0.6) is 0 Å². The van der Waals surface area contributed by atoms with Crippen LogP contribution in [0.3, 0.4) is 0 Å². The van der Waals surface area contributed by atoms with Gasteiger partial charge in [-0.05, 0) is 17.7 Å². The molecule has 0 aliphatic carbocycles. The third-order valence-corrected chi connectivity index (χ3v) is 1.41. The summed E-state index contributed by atoms with van der Waals surface area (Å²) in [5, 5.41) is 12.5. The summed E-state index contributed by atoms with van der Waals surface area (Å²) in [5.74, 6) is -0.472. The van der Waals surface area contributed by atoms with Crippen molar-refractivity contribution in [2.45, 2.75) is 6.10 Å². The van der Waals surface area contributed by atoms with E-state index in [2.05, 4.69) is 15.0 Å². The van der Waals surface area contributed by atoms with E-state index in [1.54, 1.807) is 0 Å². The molecule has 0 bridgehead atoms. The fraction of sp³-hybridized carbons (Fsp3) is 0.286. The number of aliphatic hydroxyl groups is 1. The molecule has 0 saturated heterocycles. The van der Waals surface area contributed by atoms with Crippen molar-refractivity contribution in [1.29, 1.82) is 0 Å². The number of hydrogen-bond donors (Lipinski definition) is 1. The Labute approximate surface area is 73.5 Å². The molecule has 5 nitrogen and oxygen atoms in total. The van der Waals surface area contributed by atoms with Crippen LogP contribution >= 0.6 is 0 Å². The van der Waals surface area contributed by atoms with Crippen molar-refractivity contribution in [1.82, 2.24) is 4.98 Å². The Hall–Kier alpha value is -1.65. The van der Waals surface area contributed by atoms with Crippen molar-refractivity contribution < 1.29 is 9.50 Å². The van der Waals surface area contributed by atoms with Gasteiger partial charge in [-0.2, -0.15) is 0 Å². The molecule has 68 valence electrons. The standard InChI is InChI=1S/C7H7FN4O/c8-5-1-2-6(10-3-5)7(13)4-11-12-9/h1-3,7,13H,4H2/t7-/m0/s1. The Morgan fingerprint density at radius 3 is 3.00 bits per heavy atom. The van der Waals surface area contributed by atoms with Crippen LogP contribution in [0.15, 0.2) is 23.4 Å². The molecule has 1 aromatic heterocycles. The SMILES string of the molecule is [N-]=[N+]=NC[C@H](O)c1ccc(F)cn1. The first-order valence-electron chi connectivity index (χ1n) is 3.54.